The maximum absolute atomic E-state index is 13.4. The molecule has 0 unspecified atom stereocenters. The maximum Gasteiger partial charge on any atom is 0.124 e. The highest BCUT2D eigenvalue weighted by Crippen LogP contribution is 2.21. The summed E-state index contributed by atoms with van der Waals surface area (Å²) in [5.74, 6) is -0.390. The van der Waals surface area contributed by atoms with Crippen molar-refractivity contribution in [1.29, 1.82) is 5.26 Å². The summed E-state index contributed by atoms with van der Waals surface area (Å²) in [7, 11) is 0. The first-order chi connectivity index (χ1) is 9.65. The van der Waals surface area contributed by atoms with Crippen molar-refractivity contribution in [3.05, 3.63) is 70.6 Å². The van der Waals surface area contributed by atoms with Gasteiger partial charge in [0.15, 0.2) is 0 Å². The zero-order valence-corrected chi connectivity index (χ0v) is 11.2. The van der Waals surface area contributed by atoms with E-state index in [1.165, 1.54) is 12.1 Å². The minimum Gasteiger partial charge on any atom is -0.343 e. The van der Waals surface area contributed by atoms with E-state index in [9.17, 15) is 4.39 Å². The largest absolute Gasteiger partial charge is 0.343 e. The molecule has 0 amide bonds. The van der Waals surface area contributed by atoms with Crippen LogP contribution in [0.5, 0.6) is 0 Å². The van der Waals surface area contributed by atoms with Gasteiger partial charge >= 0.3 is 0 Å². The van der Waals surface area contributed by atoms with Gasteiger partial charge in [0.05, 0.1) is 11.6 Å². The Bertz CT molecular complexity index is 830. The van der Waals surface area contributed by atoms with E-state index in [2.05, 4.69) is 0 Å². The summed E-state index contributed by atoms with van der Waals surface area (Å²) in [6.07, 6.45) is 1.93. The zero-order valence-electron chi connectivity index (χ0n) is 10.5. The minimum absolute atomic E-state index is 0.333. The molecule has 0 N–H and O–H groups in total. The van der Waals surface area contributed by atoms with Crippen molar-refractivity contribution in [2.75, 3.05) is 0 Å². The number of nitriles is 1. The second-order valence-corrected chi connectivity index (χ2v) is 5.04. The van der Waals surface area contributed by atoms with Crippen LogP contribution in [0.3, 0.4) is 0 Å². The van der Waals surface area contributed by atoms with E-state index in [4.69, 9.17) is 16.9 Å². The molecule has 20 heavy (non-hydrogen) atoms. The van der Waals surface area contributed by atoms with Crippen molar-refractivity contribution in [2.45, 2.75) is 6.54 Å². The Morgan fingerprint density at radius 2 is 2.00 bits per heavy atom. The van der Waals surface area contributed by atoms with Gasteiger partial charge in [-0.15, -0.1) is 0 Å². The standard InChI is InChI=1S/C16H10ClFN2/c17-14-1-2-16-13(8-14)3-4-20(16)10-12-5-11(9-19)6-15(18)7-12/h1-8H,10H2. The van der Waals surface area contributed by atoms with Gasteiger partial charge in [-0.1, -0.05) is 11.6 Å². The van der Waals surface area contributed by atoms with E-state index in [0.717, 1.165) is 16.5 Å². The molecule has 3 aromatic rings. The van der Waals surface area contributed by atoms with E-state index in [0.29, 0.717) is 17.1 Å². The number of rotatable bonds is 2. The van der Waals surface area contributed by atoms with Gasteiger partial charge < -0.3 is 4.57 Å². The van der Waals surface area contributed by atoms with Crippen molar-refractivity contribution in [3.63, 3.8) is 0 Å². The second-order valence-electron chi connectivity index (χ2n) is 4.61. The van der Waals surface area contributed by atoms with Crippen molar-refractivity contribution in [1.82, 2.24) is 4.57 Å². The quantitative estimate of drug-likeness (QED) is 0.687. The van der Waals surface area contributed by atoms with Gasteiger partial charge in [0, 0.05) is 28.7 Å². The van der Waals surface area contributed by atoms with Gasteiger partial charge in [0.1, 0.15) is 5.82 Å². The molecule has 0 fully saturated rings. The van der Waals surface area contributed by atoms with Crippen LogP contribution < -0.4 is 0 Å². The highest BCUT2D eigenvalue weighted by molar-refractivity contribution is 6.31. The first-order valence-electron chi connectivity index (χ1n) is 6.10. The molecule has 0 atom stereocenters. The third-order valence-corrected chi connectivity index (χ3v) is 3.41. The molecule has 0 aliphatic heterocycles. The van der Waals surface area contributed by atoms with Gasteiger partial charge in [-0.3, -0.25) is 0 Å². The molecular weight excluding hydrogens is 275 g/mol. The van der Waals surface area contributed by atoms with Crippen LogP contribution in [0.2, 0.25) is 5.02 Å². The molecule has 3 rings (SSSR count). The van der Waals surface area contributed by atoms with Crippen LogP contribution in [-0.2, 0) is 6.54 Å². The number of aromatic nitrogens is 1. The highest BCUT2D eigenvalue weighted by atomic mass is 35.5. The summed E-state index contributed by atoms with van der Waals surface area (Å²) in [4.78, 5) is 0. The average Bonchev–Trinajstić information content (AvgIpc) is 2.80. The third kappa shape index (κ3) is 2.38. The first kappa shape index (κ1) is 12.7. The molecular formula is C16H10ClFN2. The van der Waals surface area contributed by atoms with Gasteiger partial charge in [-0.05, 0) is 48.0 Å². The fraction of sp³-hybridized carbons (Fsp3) is 0.0625. The fourth-order valence-electron chi connectivity index (χ4n) is 2.31. The molecule has 2 aromatic carbocycles. The monoisotopic (exact) mass is 284 g/mol. The fourth-order valence-corrected chi connectivity index (χ4v) is 2.49. The number of hydrogen-bond donors (Lipinski definition) is 0. The van der Waals surface area contributed by atoms with Gasteiger partial charge in [-0.25, -0.2) is 4.39 Å². The van der Waals surface area contributed by atoms with E-state index in [1.807, 2.05) is 41.1 Å². The Labute approximate surface area is 120 Å². The van der Waals surface area contributed by atoms with Crippen LogP contribution in [0.1, 0.15) is 11.1 Å². The van der Waals surface area contributed by atoms with E-state index in [1.54, 1.807) is 6.07 Å². The number of nitrogens with zero attached hydrogens (tertiary/aromatic N) is 2. The minimum atomic E-state index is -0.390. The molecule has 2 nitrogen and oxygen atoms in total. The Kier molecular flexibility index (Phi) is 3.17. The second kappa shape index (κ2) is 4.99. The van der Waals surface area contributed by atoms with Gasteiger partial charge in [0.25, 0.3) is 0 Å². The molecule has 1 aromatic heterocycles. The molecule has 0 aliphatic rings. The van der Waals surface area contributed by atoms with Crippen LogP contribution in [0.4, 0.5) is 4.39 Å². The number of fused-ring (bicyclic) bond motifs is 1. The molecule has 0 saturated heterocycles. The summed E-state index contributed by atoms with van der Waals surface area (Å²) >= 11 is 5.95. The molecule has 0 radical (unpaired) electrons. The van der Waals surface area contributed by atoms with Crippen LogP contribution in [-0.4, -0.2) is 4.57 Å². The number of hydrogen-bond acceptors (Lipinski definition) is 1. The predicted molar refractivity (Wildman–Crippen MR) is 77.2 cm³/mol. The molecule has 0 aliphatic carbocycles. The lowest BCUT2D eigenvalue weighted by Crippen LogP contribution is -1.99. The van der Waals surface area contributed by atoms with Crippen molar-refractivity contribution >= 4 is 22.5 Å². The summed E-state index contributed by atoms with van der Waals surface area (Å²) in [5.41, 5.74) is 2.12. The average molecular weight is 285 g/mol. The summed E-state index contributed by atoms with van der Waals surface area (Å²) in [6, 6.07) is 14.0. The van der Waals surface area contributed by atoms with E-state index in [-0.39, 0.29) is 0 Å². The SMILES string of the molecule is N#Cc1cc(F)cc(Cn2ccc3cc(Cl)ccc32)c1. The Balaban J connectivity index is 2.01. The van der Waals surface area contributed by atoms with Crippen LogP contribution in [0.25, 0.3) is 10.9 Å². The van der Waals surface area contributed by atoms with Crippen LogP contribution >= 0.6 is 11.6 Å². The van der Waals surface area contributed by atoms with Crippen molar-refractivity contribution in [3.8, 4) is 6.07 Å². The highest BCUT2D eigenvalue weighted by Gasteiger charge is 2.05. The van der Waals surface area contributed by atoms with Gasteiger partial charge in [-0.2, -0.15) is 5.26 Å². The third-order valence-electron chi connectivity index (χ3n) is 3.17. The summed E-state index contributed by atoms with van der Waals surface area (Å²) in [5, 5.41) is 10.6. The normalized spacial score (nSPS) is 10.7. The smallest absolute Gasteiger partial charge is 0.124 e. The van der Waals surface area contributed by atoms with Crippen LogP contribution in [0, 0.1) is 17.1 Å². The Morgan fingerprint density at radius 1 is 1.15 bits per heavy atom. The topological polar surface area (TPSA) is 28.7 Å². The lowest BCUT2D eigenvalue weighted by molar-refractivity contribution is 0.623. The predicted octanol–water partition coefficient (Wildman–Crippen LogP) is 4.35. The molecule has 0 saturated carbocycles. The van der Waals surface area contributed by atoms with Crippen molar-refractivity contribution < 1.29 is 4.39 Å². The van der Waals surface area contributed by atoms with E-state index < -0.39 is 5.82 Å². The summed E-state index contributed by atoms with van der Waals surface area (Å²) in [6.45, 7) is 0.511. The number of halogens is 2. The van der Waals surface area contributed by atoms with Gasteiger partial charge in [0.2, 0.25) is 0 Å². The maximum atomic E-state index is 13.4. The first-order valence-corrected chi connectivity index (χ1v) is 6.47. The Hall–Kier alpha value is -2.31. The van der Waals surface area contributed by atoms with E-state index >= 15 is 0 Å². The Morgan fingerprint density at radius 3 is 2.80 bits per heavy atom. The van der Waals surface area contributed by atoms with Crippen LogP contribution in [0.15, 0.2) is 48.7 Å². The summed E-state index contributed by atoms with van der Waals surface area (Å²) < 4.78 is 15.4. The van der Waals surface area contributed by atoms with Crippen molar-refractivity contribution in [2.24, 2.45) is 0 Å². The molecule has 1 heterocycles. The molecule has 0 spiro atoms. The molecule has 98 valence electrons. The molecule has 0 bridgehead atoms. The zero-order chi connectivity index (χ0) is 14.1. The lowest BCUT2D eigenvalue weighted by Gasteiger charge is -2.06. The number of benzene rings is 2. The lowest BCUT2D eigenvalue weighted by atomic mass is 10.1. The molecule has 4 heteroatoms.